The zero-order valence-corrected chi connectivity index (χ0v) is 12.5. The van der Waals surface area contributed by atoms with Crippen LogP contribution in [0.4, 0.5) is 5.69 Å². The minimum Gasteiger partial charge on any atom is -0.480 e. The second kappa shape index (κ2) is 7.63. The lowest BCUT2D eigenvalue weighted by Crippen LogP contribution is -2.41. The fourth-order valence-electron chi connectivity index (χ4n) is 1.74. The number of carbonyl (C=O) groups excluding carboxylic acids is 1. The highest BCUT2D eigenvalue weighted by molar-refractivity contribution is 7.98. The van der Waals surface area contributed by atoms with E-state index in [0.717, 1.165) is 0 Å². The average molecular weight is 312 g/mol. The summed E-state index contributed by atoms with van der Waals surface area (Å²) in [5.74, 6) is -1.05. The molecule has 0 aliphatic rings. The molecule has 1 aromatic carbocycles. The van der Waals surface area contributed by atoms with E-state index in [1.807, 2.05) is 6.26 Å². The van der Waals surface area contributed by atoms with Crippen LogP contribution in [0.5, 0.6) is 0 Å². The molecule has 1 unspecified atom stereocenters. The second-order valence-electron chi connectivity index (χ2n) is 4.40. The van der Waals surface area contributed by atoms with Gasteiger partial charge in [0.1, 0.15) is 6.04 Å². The van der Waals surface area contributed by atoms with Crippen LogP contribution < -0.4 is 5.32 Å². The standard InChI is InChI=1S/C13H16N2O5S/c1-8-7-9(3-4-11(8)15(19)20)12(16)14-10(13(17)18)5-6-21-2/h3-4,7,10H,5-6H2,1-2H3,(H,14,16)(H,17,18). The number of thioether (sulfide) groups is 1. The van der Waals surface area contributed by atoms with Crippen molar-refractivity contribution in [1.29, 1.82) is 0 Å². The maximum Gasteiger partial charge on any atom is 0.326 e. The smallest absolute Gasteiger partial charge is 0.326 e. The molecule has 114 valence electrons. The molecule has 1 rings (SSSR count). The summed E-state index contributed by atoms with van der Waals surface area (Å²) in [5, 5.41) is 22.2. The zero-order valence-electron chi connectivity index (χ0n) is 11.7. The number of carboxylic acids is 1. The molecule has 0 saturated heterocycles. The van der Waals surface area contributed by atoms with Crippen LogP contribution in [0.1, 0.15) is 22.3 Å². The van der Waals surface area contributed by atoms with Crippen LogP contribution in [0.15, 0.2) is 18.2 Å². The molecule has 0 spiro atoms. The van der Waals surface area contributed by atoms with Gasteiger partial charge in [0.2, 0.25) is 0 Å². The first-order valence-electron chi connectivity index (χ1n) is 6.14. The molecule has 8 heteroatoms. The molecule has 0 aliphatic carbocycles. The number of carboxylic acid groups (broad SMARTS) is 1. The van der Waals surface area contributed by atoms with Crippen LogP contribution in [-0.2, 0) is 4.79 Å². The topological polar surface area (TPSA) is 110 Å². The van der Waals surface area contributed by atoms with Crippen molar-refractivity contribution in [2.75, 3.05) is 12.0 Å². The van der Waals surface area contributed by atoms with E-state index < -0.39 is 22.8 Å². The van der Waals surface area contributed by atoms with Gasteiger partial charge in [-0.1, -0.05) is 0 Å². The Balaban J connectivity index is 2.85. The zero-order chi connectivity index (χ0) is 16.0. The molecule has 1 atom stereocenters. The van der Waals surface area contributed by atoms with E-state index in [4.69, 9.17) is 5.11 Å². The number of nitro groups is 1. The number of aryl methyl sites for hydroxylation is 1. The summed E-state index contributed by atoms with van der Waals surface area (Å²) < 4.78 is 0. The molecule has 1 aromatic rings. The first-order valence-corrected chi connectivity index (χ1v) is 7.54. The van der Waals surface area contributed by atoms with E-state index >= 15 is 0 Å². The van der Waals surface area contributed by atoms with Crippen molar-refractivity contribution in [2.45, 2.75) is 19.4 Å². The average Bonchev–Trinajstić information content (AvgIpc) is 2.42. The molecular weight excluding hydrogens is 296 g/mol. The Hall–Kier alpha value is -2.09. The van der Waals surface area contributed by atoms with Crippen molar-refractivity contribution >= 4 is 29.3 Å². The Morgan fingerprint density at radius 2 is 2.14 bits per heavy atom. The minimum atomic E-state index is -1.10. The van der Waals surface area contributed by atoms with Crippen LogP contribution in [0, 0.1) is 17.0 Å². The van der Waals surface area contributed by atoms with Gasteiger partial charge in [-0.3, -0.25) is 14.9 Å². The number of hydrogen-bond acceptors (Lipinski definition) is 5. The van der Waals surface area contributed by atoms with E-state index in [2.05, 4.69) is 5.32 Å². The van der Waals surface area contributed by atoms with Gasteiger partial charge in [0.15, 0.2) is 0 Å². The number of rotatable bonds is 7. The van der Waals surface area contributed by atoms with Crippen LogP contribution >= 0.6 is 11.8 Å². The van der Waals surface area contributed by atoms with Crippen LogP contribution in [0.3, 0.4) is 0 Å². The molecular formula is C13H16N2O5S. The van der Waals surface area contributed by atoms with E-state index in [9.17, 15) is 19.7 Å². The minimum absolute atomic E-state index is 0.0799. The number of nitrogens with one attached hydrogen (secondary N) is 1. The molecule has 0 fully saturated rings. The Morgan fingerprint density at radius 1 is 1.48 bits per heavy atom. The summed E-state index contributed by atoms with van der Waals surface area (Å²) in [4.78, 5) is 33.3. The monoisotopic (exact) mass is 312 g/mol. The molecule has 7 nitrogen and oxygen atoms in total. The Morgan fingerprint density at radius 3 is 2.62 bits per heavy atom. The van der Waals surface area contributed by atoms with Crippen LogP contribution in [0.25, 0.3) is 0 Å². The number of nitro benzene ring substituents is 1. The van der Waals surface area contributed by atoms with Gasteiger partial charge in [0, 0.05) is 17.2 Å². The number of amides is 1. The highest BCUT2D eigenvalue weighted by Gasteiger charge is 2.21. The molecule has 21 heavy (non-hydrogen) atoms. The molecule has 0 bridgehead atoms. The molecule has 1 amide bonds. The summed E-state index contributed by atoms with van der Waals surface area (Å²) in [6, 6.07) is 2.96. The molecule has 0 saturated carbocycles. The molecule has 2 N–H and O–H groups in total. The first kappa shape index (κ1) is 17.0. The summed E-state index contributed by atoms with van der Waals surface area (Å²) >= 11 is 1.49. The Kier molecular flexibility index (Phi) is 6.16. The van der Waals surface area contributed by atoms with E-state index in [0.29, 0.717) is 17.7 Å². The number of carbonyl (C=O) groups is 2. The maximum absolute atomic E-state index is 12.0. The van der Waals surface area contributed by atoms with Crippen molar-refractivity contribution < 1.29 is 19.6 Å². The van der Waals surface area contributed by atoms with Crippen molar-refractivity contribution in [3.05, 3.63) is 39.4 Å². The fraction of sp³-hybridized carbons (Fsp3) is 0.385. The normalized spacial score (nSPS) is 11.7. The summed E-state index contributed by atoms with van der Waals surface area (Å²) in [5.41, 5.74) is 0.473. The van der Waals surface area contributed by atoms with E-state index in [1.165, 1.54) is 36.9 Å². The SMILES string of the molecule is CSCCC(NC(=O)c1ccc([N+](=O)[O-])c(C)c1)C(=O)O. The lowest BCUT2D eigenvalue weighted by atomic mass is 10.1. The molecule has 0 heterocycles. The summed E-state index contributed by atoms with van der Waals surface area (Å²) in [6.07, 6.45) is 2.16. The van der Waals surface area contributed by atoms with Crippen LogP contribution in [-0.4, -0.2) is 40.0 Å². The third-order valence-electron chi connectivity index (χ3n) is 2.87. The fourth-order valence-corrected chi connectivity index (χ4v) is 2.21. The van der Waals surface area contributed by atoms with E-state index in [-0.39, 0.29) is 11.3 Å². The second-order valence-corrected chi connectivity index (χ2v) is 5.39. The van der Waals surface area contributed by atoms with Crippen molar-refractivity contribution in [2.24, 2.45) is 0 Å². The number of aliphatic carboxylic acids is 1. The molecule has 0 aromatic heterocycles. The molecule has 0 aliphatic heterocycles. The van der Waals surface area contributed by atoms with Crippen LogP contribution in [0.2, 0.25) is 0 Å². The highest BCUT2D eigenvalue weighted by Crippen LogP contribution is 2.18. The Bertz CT molecular complexity index is 561. The largest absolute Gasteiger partial charge is 0.480 e. The Labute approximate surface area is 125 Å². The molecule has 0 radical (unpaired) electrons. The third-order valence-corrected chi connectivity index (χ3v) is 3.51. The van der Waals surface area contributed by atoms with Crippen molar-refractivity contribution in [3.63, 3.8) is 0 Å². The predicted molar refractivity (Wildman–Crippen MR) is 79.7 cm³/mol. The highest BCUT2D eigenvalue weighted by atomic mass is 32.2. The van der Waals surface area contributed by atoms with Gasteiger partial charge in [0.25, 0.3) is 11.6 Å². The van der Waals surface area contributed by atoms with Gasteiger partial charge in [-0.05, 0) is 37.5 Å². The van der Waals surface area contributed by atoms with E-state index in [1.54, 1.807) is 0 Å². The van der Waals surface area contributed by atoms with Gasteiger partial charge in [-0.15, -0.1) is 0 Å². The predicted octanol–water partition coefficient (Wildman–Crippen LogP) is 1.84. The van der Waals surface area contributed by atoms with Gasteiger partial charge in [0.05, 0.1) is 4.92 Å². The van der Waals surface area contributed by atoms with Gasteiger partial charge >= 0.3 is 5.97 Å². The summed E-state index contributed by atoms with van der Waals surface area (Å²) in [7, 11) is 0. The van der Waals surface area contributed by atoms with Gasteiger partial charge in [-0.2, -0.15) is 11.8 Å². The number of nitrogens with zero attached hydrogens (tertiary/aromatic N) is 1. The lowest BCUT2D eigenvalue weighted by molar-refractivity contribution is -0.385. The first-order chi connectivity index (χ1) is 9.86. The quantitative estimate of drug-likeness (QED) is 0.587. The van der Waals surface area contributed by atoms with Gasteiger partial charge in [-0.25, -0.2) is 4.79 Å². The number of hydrogen-bond donors (Lipinski definition) is 2. The van der Waals surface area contributed by atoms with Gasteiger partial charge < -0.3 is 10.4 Å². The number of benzene rings is 1. The maximum atomic E-state index is 12.0. The van der Waals surface area contributed by atoms with Crippen molar-refractivity contribution in [3.8, 4) is 0 Å². The lowest BCUT2D eigenvalue weighted by Gasteiger charge is -2.14. The summed E-state index contributed by atoms with van der Waals surface area (Å²) in [6.45, 7) is 1.53. The third kappa shape index (κ3) is 4.75. The van der Waals surface area contributed by atoms with Crippen molar-refractivity contribution in [1.82, 2.24) is 5.32 Å².